The van der Waals surface area contributed by atoms with Crippen LogP contribution in [0.2, 0.25) is 0 Å². The van der Waals surface area contributed by atoms with E-state index >= 15 is 0 Å². The summed E-state index contributed by atoms with van der Waals surface area (Å²) < 4.78 is 0. The Morgan fingerprint density at radius 2 is 1.91 bits per heavy atom. The van der Waals surface area contributed by atoms with E-state index in [4.69, 9.17) is 5.73 Å². The van der Waals surface area contributed by atoms with Crippen molar-refractivity contribution in [1.82, 2.24) is 5.32 Å². The standard InChI is InChI=1S/C19H30N2O/c1-3-19(4-2,16-10-6-5-7-11-16)14-21-18(22)17-12-8-9-15(17)13-20/h5-7,10-11,15,17H,3-4,8-9,12-14,20H2,1-2H3,(H,21,22)/t15-,17-/m1/s1. The van der Waals surface area contributed by atoms with Gasteiger partial charge < -0.3 is 11.1 Å². The van der Waals surface area contributed by atoms with Crippen LogP contribution in [0.25, 0.3) is 0 Å². The molecule has 122 valence electrons. The van der Waals surface area contributed by atoms with Gasteiger partial charge in [0, 0.05) is 17.9 Å². The molecule has 0 spiro atoms. The Kier molecular flexibility index (Phi) is 6.01. The van der Waals surface area contributed by atoms with Crippen LogP contribution in [-0.4, -0.2) is 19.0 Å². The number of carbonyl (C=O) groups excluding carboxylic acids is 1. The van der Waals surface area contributed by atoms with Crippen molar-refractivity contribution in [3.8, 4) is 0 Å². The molecule has 3 N–H and O–H groups in total. The second-order valence-electron chi connectivity index (χ2n) is 6.60. The van der Waals surface area contributed by atoms with E-state index in [1.165, 1.54) is 5.56 Å². The molecule has 2 rings (SSSR count). The number of hydrogen-bond acceptors (Lipinski definition) is 2. The molecule has 0 unspecified atom stereocenters. The number of carbonyl (C=O) groups is 1. The largest absolute Gasteiger partial charge is 0.355 e. The molecule has 1 aliphatic carbocycles. The fourth-order valence-electron chi connectivity index (χ4n) is 3.85. The topological polar surface area (TPSA) is 55.1 Å². The first-order chi connectivity index (χ1) is 10.7. The molecule has 0 aliphatic heterocycles. The van der Waals surface area contributed by atoms with Crippen LogP contribution in [0.3, 0.4) is 0 Å². The quantitative estimate of drug-likeness (QED) is 0.812. The zero-order valence-electron chi connectivity index (χ0n) is 14.0. The molecule has 1 aromatic rings. The van der Waals surface area contributed by atoms with Crippen LogP contribution >= 0.6 is 0 Å². The summed E-state index contributed by atoms with van der Waals surface area (Å²) in [6.07, 6.45) is 5.27. The van der Waals surface area contributed by atoms with E-state index in [0.717, 1.165) is 38.6 Å². The predicted octanol–water partition coefficient (Wildman–Crippen LogP) is 3.24. The van der Waals surface area contributed by atoms with Gasteiger partial charge in [0.25, 0.3) is 0 Å². The van der Waals surface area contributed by atoms with Gasteiger partial charge in [0.2, 0.25) is 5.91 Å². The van der Waals surface area contributed by atoms with Crippen molar-refractivity contribution < 1.29 is 4.79 Å². The van der Waals surface area contributed by atoms with Crippen LogP contribution in [0.1, 0.15) is 51.5 Å². The van der Waals surface area contributed by atoms with E-state index in [9.17, 15) is 4.79 Å². The van der Waals surface area contributed by atoms with Gasteiger partial charge in [-0.1, -0.05) is 50.6 Å². The molecular weight excluding hydrogens is 272 g/mol. The van der Waals surface area contributed by atoms with Crippen molar-refractivity contribution >= 4 is 5.91 Å². The Morgan fingerprint density at radius 3 is 2.50 bits per heavy atom. The van der Waals surface area contributed by atoms with Crippen molar-refractivity contribution in [2.45, 2.75) is 51.4 Å². The van der Waals surface area contributed by atoms with Crippen LogP contribution in [0.4, 0.5) is 0 Å². The Balaban J connectivity index is 2.05. The summed E-state index contributed by atoms with van der Waals surface area (Å²) in [6, 6.07) is 10.6. The molecule has 0 saturated heterocycles. The van der Waals surface area contributed by atoms with Crippen LogP contribution in [-0.2, 0) is 10.2 Å². The average Bonchev–Trinajstić information content (AvgIpc) is 3.06. The molecule has 1 amide bonds. The molecule has 0 bridgehead atoms. The third-order valence-corrected chi connectivity index (χ3v) is 5.64. The SMILES string of the molecule is CCC(CC)(CNC(=O)[C@@H]1CCC[C@@H]1CN)c1ccccc1. The average molecular weight is 302 g/mol. The Morgan fingerprint density at radius 1 is 1.23 bits per heavy atom. The Bertz CT molecular complexity index is 468. The lowest BCUT2D eigenvalue weighted by molar-refractivity contribution is -0.126. The molecule has 0 heterocycles. The third kappa shape index (κ3) is 3.52. The minimum Gasteiger partial charge on any atom is -0.355 e. The van der Waals surface area contributed by atoms with E-state index in [0.29, 0.717) is 12.5 Å². The smallest absolute Gasteiger partial charge is 0.223 e. The number of benzene rings is 1. The summed E-state index contributed by atoms with van der Waals surface area (Å²) in [5.41, 5.74) is 7.16. The molecule has 1 aromatic carbocycles. The molecule has 0 aromatic heterocycles. The second kappa shape index (κ2) is 7.77. The highest BCUT2D eigenvalue weighted by atomic mass is 16.1. The van der Waals surface area contributed by atoms with Crippen LogP contribution in [0, 0.1) is 11.8 Å². The molecule has 1 saturated carbocycles. The van der Waals surface area contributed by atoms with Gasteiger partial charge in [0.05, 0.1) is 0 Å². The van der Waals surface area contributed by atoms with E-state index < -0.39 is 0 Å². The number of nitrogens with two attached hydrogens (primary N) is 1. The van der Waals surface area contributed by atoms with Crippen molar-refractivity contribution in [3.05, 3.63) is 35.9 Å². The third-order valence-electron chi connectivity index (χ3n) is 5.64. The summed E-state index contributed by atoms with van der Waals surface area (Å²) >= 11 is 0. The highest BCUT2D eigenvalue weighted by Crippen LogP contribution is 2.33. The monoisotopic (exact) mass is 302 g/mol. The van der Waals surface area contributed by atoms with Crippen molar-refractivity contribution in [3.63, 3.8) is 0 Å². The van der Waals surface area contributed by atoms with Crippen LogP contribution in [0.15, 0.2) is 30.3 Å². The zero-order valence-corrected chi connectivity index (χ0v) is 14.0. The summed E-state index contributed by atoms with van der Waals surface area (Å²) in [4.78, 5) is 12.6. The summed E-state index contributed by atoms with van der Waals surface area (Å²) in [5, 5.41) is 3.24. The van der Waals surface area contributed by atoms with Gasteiger partial charge in [-0.05, 0) is 43.7 Å². The Hall–Kier alpha value is -1.35. The molecule has 22 heavy (non-hydrogen) atoms. The van der Waals surface area contributed by atoms with Crippen LogP contribution < -0.4 is 11.1 Å². The molecule has 1 fully saturated rings. The highest BCUT2D eigenvalue weighted by Gasteiger charge is 2.34. The molecule has 2 atom stereocenters. The van der Waals surface area contributed by atoms with Gasteiger partial charge >= 0.3 is 0 Å². The maximum absolute atomic E-state index is 12.6. The van der Waals surface area contributed by atoms with Crippen LogP contribution in [0.5, 0.6) is 0 Å². The van der Waals surface area contributed by atoms with Gasteiger partial charge in [-0.3, -0.25) is 4.79 Å². The molecule has 1 aliphatic rings. The normalized spacial score (nSPS) is 21.8. The predicted molar refractivity (Wildman–Crippen MR) is 91.6 cm³/mol. The fourth-order valence-corrected chi connectivity index (χ4v) is 3.85. The van der Waals surface area contributed by atoms with Crippen molar-refractivity contribution in [1.29, 1.82) is 0 Å². The highest BCUT2D eigenvalue weighted by molar-refractivity contribution is 5.79. The van der Waals surface area contributed by atoms with E-state index in [1.807, 2.05) is 6.07 Å². The minimum atomic E-state index is 0.0355. The molecule has 0 radical (unpaired) electrons. The summed E-state index contributed by atoms with van der Waals surface area (Å²) in [5.74, 6) is 0.691. The van der Waals surface area contributed by atoms with E-state index in [1.54, 1.807) is 0 Å². The molecule has 3 heteroatoms. The first kappa shape index (κ1) is 17.0. The minimum absolute atomic E-state index is 0.0355. The number of rotatable bonds is 7. The van der Waals surface area contributed by atoms with Gasteiger partial charge in [0.15, 0.2) is 0 Å². The first-order valence-corrected chi connectivity index (χ1v) is 8.70. The lowest BCUT2D eigenvalue weighted by Gasteiger charge is -2.33. The maximum Gasteiger partial charge on any atom is 0.223 e. The van der Waals surface area contributed by atoms with Crippen molar-refractivity contribution in [2.24, 2.45) is 17.6 Å². The summed E-state index contributed by atoms with van der Waals surface area (Å²) in [6.45, 7) is 5.77. The summed E-state index contributed by atoms with van der Waals surface area (Å²) in [7, 11) is 0. The van der Waals surface area contributed by atoms with Gasteiger partial charge in [0.1, 0.15) is 0 Å². The van der Waals surface area contributed by atoms with Crippen molar-refractivity contribution in [2.75, 3.05) is 13.1 Å². The van der Waals surface area contributed by atoms with Gasteiger partial charge in [-0.15, -0.1) is 0 Å². The zero-order chi connectivity index (χ0) is 16.0. The van der Waals surface area contributed by atoms with E-state index in [-0.39, 0.29) is 17.2 Å². The fraction of sp³-hybridized carbons (Fsp3) is 0.632. The maximum atomic E-state index is 12.6. The molecular formula is C19H30N2O. The number of hydrogen-bond donors (Lipinski definition) is 2. The number of nitrogens with one attached hydrogen (secondary N) is 1. The Labute approximate surface area is 134 Å². The number of amides is 1. The first-order valence-electron chi connectivity index (χ1n) is 8.70. The van der Waals surface area contributed by atoms with E-state index in [2.05, 4.69) is 43.4 Å². The van der Waals surface area contributed by atoms with Gasteiger partial charge in [-0.2, -0.15) is 0 Å². The molecule has 3 nitrogen and oxygen atoms in total. The second-order valence-corrected chi connectivity index (χ2v) is 6.60. The lowest BCUT2D eigenvalue weighted by atomic mass is 9.75. The van der Waals surface area contributed by atoms with Gasteiger partial charge in [-0.25, -0.2) is 0 Å². The lowest BCUT2D eigenvalue weighted by Crippen LogP contribution is -2.43.